The Hall–Kier alpha value is -1.14. The Morgan fingerprint density at radius 3 is 2.29 bits per heavy atom. The first-order valence-electron chi connectivity index (χ1n) is 6.03. The van der Waals surface area contributed by atoms with Crippen LogP contribution >= 0.6 is 0 Å². The number of rotatable bonds is 8. The minimum atomic E-state index is -1.24. The molecule has 6 heteroatoms. The first kappa shape index (κ1) is 15.9. The van der Waals surface area contributed by atoms with Gasteiger partial charge in [-0.1, -0.05) is 13.8 Å². The first-order valence-corrected chi connectivity index (χ1v) is 6.03. The largest absolute Gasteiger partial charge is 0.548 e. The van der Waals surface area contributed by atoms with Gasteiger partial charge in [-0.3, -0.25) is 4.79 Å². The average Bonchev–Trinajstić information content (AvgIpc) is 2.26. The molecule has 0 aromatic heterocycles. The molecule has 17 heavy (non-hydrogen) atoms. The predicted molar refractivity (Wildman–Crippen MR) is 60.1 cm³/mol. The molecule has 0 aromatic carbocycles. The minimum Gasteiger partial charge on any atom is -0.548 e. The van der Waals surface area contributed by atoms with Crippen LogP contribution in [-0.4, -0.2) is 30.5 Å². The summed E-state index contributed by atoms with van der Waals surface area (Å²) in [5.41, 5.74) is 7.39. The van der Waals surface area contributed by atoms with Crippen LogP contribution < -0.4 is 21.9 Å². The number of carbonyl (C=O) groups excluding carboxylic acids is 2. The standard InChI is InChI=1S/C11H23N3O3/c1-7(2)9(13)10(15)14-8(11(16)17)5-3-4-6-12/h7-9H,3-6,12-13H2,1-2H3,(H,14,15)(H,16,17)/p+1/t8-,9-/m0/s1. The van der Waals surface area contributed by atoms with Crippen LogP contribution in [-0.2, 0) is 9.59 Å². The van der Waals surface area contributed by atoms with Crippen molar-refractivity contribution in [3.05, 3.63) is 0 Å². The van der Waals surface area contributed by atoms with E-state index >= 15 is 0 Å². The van der Waals surface area contributed by atoms with Gasteiger partial charge in [0.25, 0.3) is 5.91 Å². The molecule has 0 aliphatic carbocycles. The second-order valence-corrected chi connectivity index (χ2v) is 4.58. The van der Waals surface area contributed by atoms with Gasteiger partial charge < -0.3 is 26.7 Å². The quantitative estimate of drug-likeness (QED) is 0.393. The molecule has 6 nitrogen and oxygen atoms in total. The molecule has 7 N–H and O–H groups in total. The van der Waals surface area contributed by atoms with Gasteiger partial charge in [-0.25, -0.2) is 0 Å². The van der Waals surface area contributed by atoms with Gasteiger partial charge in [0, 0.05) is 5.92 Å². The number of unbranched alkanes of at least 4 members (excludes halogenated alkanes) is 1. The normalized spacial score (nSPS) is 14.4. The van der Waals surface area contributed by atoms with Gasteiger partial charge in [0.05, 0.1) is 18.6 Å². The lowest BCUT2D eigenvalue weighted by Crippen LogP contribution is -2.71. The summed E-state index contributed by atoms with van der Waals surface area (Å²) in [6.45, 7) is 4.50. The number of carboxylic acid groups (broad SMARTS) is 1. The van der Waals surface area contributed by atoms with E-state index in [-0.39, 0.29) is 11.8 Å². The average molecular weight is 246 g/mol. The summed E-state index contributed by atoms with van der Waals surface area (Å²) in [7, 11) is 0. The van der Waals surface area contributed by atoms with E-state index in [1.165, 1.54) is 0 Å². The molecular formula is C11H24N3O3+. The highest BCUT2D eigenvalue weighted by Gasteiger charge is 2.23. The molecule has 0 aromatic rings. The molecule has 0 bridgehead atoms. The number of quaternary nitrogens is 2. The molecule has 0 saturated carbocycles. The third-order valence-electron chi connectivity index (χ3n) is 2.74. The van der Waals surface area contributed by atoms with Crippen molar-refractivity contribution in [2.24, 2.45) is 5.92 Å². The maximum absolute atomic E-state index is 11.7. The SMILES string of the molecule is CC(C)[C@H]([NH3+])C(=O)N[C@@H](CCCC[NH3+])C(=O)[O-]. The minimum absolute atomic E-state index is 0.0808. The summed E-state index contributed by atoms with van der Waals surface area (Å²) >= 11 is 0. The second kappa shape index (κ2) is 8.03. The second-order valence-electron chi connectivity index (χ2n) is 4.58. The van der Waals surface area contributed by atoms with Crippen molar-refractivity contribution in [2.45, 2.75) is 45.2 Å². The Morgan fingerprint density at radius 2 is 1.88 bits per heavy atom. The molecular weight excluding hydrogens is 222 g/mol. The number of carbonyl (C=O) groups is 2. The number of carboxylic acids is 1. The number of amides is 1. The molecule has 0 radical (unpaired) electrons. The fourth-order valence-corrected chi connectivity index (χ4v) is 1.36. The van der Waals surface area contributed by atoms with Gasteiger partial charge in [0.15, 0.2) is 6.04 Å². The Morgan fingerprint density at radius 1 is 1.29 bits per heavy atom. The van der Waals surface area contributed by atoms with Crippen molar-refractivity contribution in [2.75, 3.05) is 6.54 Å². The Balaban J connectivity index is 4.25. The van der Waals surface area contributed by atoms with E-state index in [0.29, 0.717) is 12.8 Å². The van der Waals surface area contributed by atoms with Crippen LogP contribution in [0.15, 0.2) is 0 Å². The van der Waals surface area contributed by atoms with Gasteiger partial charge in [-0.2, -0.15) is 0 Å². The lowest BCUT2D eigenvalue weighted by atomic mass is 10.0. The number of aliphatic carboxylic acids is 1. The zero-order valence-electron chi connectivity index (χ0n) is 10.7. The molecule has 0 aliphatic rings. The van der Waals surface area contributed by atoms with E-state index in [1.54, 1.807) is 0 Å². The molecule has 1 amide bonds. The van der Waals surface area contributed by atoms with Crippen LogP contribution in [0, 0.1) is 5.92 Å². The van der Waals surface area contributed by atoms with Crippen LogP contribution in [0.5, 0.6) is 0 Å². The lowest BCUT2D eigenvalue weighted by molar-refractivity contribution is -0.414. The Bertz CT molecular complexity index is 256. The van der Waals surface area contributed by atoms with Crippen LogP contribution in [0.1, 0.15) is 33.1 Å². The zero-order chi connectivity index (χ0) is 13.4. The van der Waals surface area contributed by atoms with Gasteiger partial charge in [-0.15, -0.1) is 0 Å². The Labute approximate surface area is 102 Å². The molecule has 0 spiro atoms. The molecule has 0 saturated heterocycles. The van der Waals surface area contributed by atoms with Crippen LogP contribution in [0.3, 0.4) is 0 Å². The topological polar surface area (TPSA) is 125 Å². The molecule has 0 aliphatic heterocycles. The van der Waals surface area contributed by atoms with Gasteiger partial charge in [0.1, 0.15) is 0 Å². The van der Waals surface area contributed by atoms with Crippen LogP contribution in [0.4, 0.5) is 0 Å². The molecule has 0 fully saturated rings. The fourth-order valence-electron chi connectivity index (χ4n) is 1.36. The fraction of sp³-hybridized carbons (Fsp3) is 0.818. The maximum Gasteiger partial charge on any atom is 0.278 e. The number of hydrogen-bond donors (Lipinski definition) is 3. The van der Waals surface area contributed by atoms with E-state index in [1.807, 2.05) is 13.8 Å². The maximum atomic E-state index is 11.7. The van der Waals surface area contributed by atoms with E-state index in [2.05, 4.69) is 16.8 Å². The van der Waals surface area contributed by atoms with Crippen molar-refractivity contribution < 1.29 is 26.2 Å². The summed E-state index contributed by atoms with van der Waals surface area (Å²) < 4.78 is 0. The summed E-state index contributed by atoms with van der Waals surface area (Å²) in [4.78, 5) is 22.5. The van der Waals surface area contributed by atoms with Crippen LogP contribution in [0.25, 0.3) is 0 Å². The van der Waals surface area contributed by atoms with Gasteiger partial charge >= 0.3 is 0 Å². The van der Waals surface area contributed by atoms with E-state index < -0.39 is 18.1 Å². The monoisotopic (exact) mass is 246 g/mol. The highest BCUT2D eigenvalue weighted by Crippen LogP contribution is 2.02. The molecule has 2 atom stereocenters. The van der Waals surface area contributed by atoms with E-state index in [9.17, 15) is 14.7 Å². The van der Waals surface area contributed by atoms with Crippen molar-refractivity contribution in [3.63, 3.8) is 0 Å². The third-order valence-corrected chi connectivity index (χ3v) is 2.74. The van der Waals surface area contributed by atoms with Gasteiger partial charge in [0.2, 0.25) is 0 Å². The molecule has 0 unspecified atom stereocenters. The Kier molecular flexibility index (Phi) is 7.49. The van der Waals surface area contributed by atoms with E-state index in [4.69, 9.17) is 0 Å². The van der Waals surface area contributed by atoms with Crippen molar-refractivity contribution in [1.82, 2.24) is 5.32 Å². The van der Waals surface area contributed by atoms with Crippen molar-refractivity contribution >= 4 is 11.9 Å². The predicted octanol–water partition coefficient (Wildman–Crippen LogP) is -3.10. The summed E-state index contributed by atoms with van der Waals surface area (Å²) in [5, 5.41) is 13.3. The first-order chi connectivity index (χ1) is 7.90. The summed E-state index contributed by atoms with van der Waals surface area (Å²) in [6, 6.07) is -1.36. The number of hydrogen-bond acceptors (Lipinski definition) is 3. The van der Waals surface area contributed by atoms with Gasteiger partial charge in [-0.05, 0) is 19.3 Å². The van der Waals surface area contributed by atoms with Crippen molar-refractivity contribution in [3.8, 4) is 0 Å². The van der Waals surface area contributed by atoms with E-state index in [0.717, 1.165) is 13.0 Å². The molecule has 100 valence electrons. The zero-order valence-corrected chi connectivity index (χ0v) is 10.7. The smallest absolute Gasteiger partial charge is 0.278 e. The molecule has 0 rings (SSSR count). The summed E-state index contributed by atoms with van der Waals surface area (Å²) in [5.74, 6) is -1.49. The highest BCUT2D eigenvalue weighted by molar-refractivity contribution is 5.85. The van der Waals surface area contributed by atoms with Crippen molar-refractivity contribution in [1.29, 1.82) is 0 Å². The molecule has 0 heterocycles. The third kappa shape index (κ3) is 6.23. The highest BCUT2D eigenvalue weighted by atomic mass is 16.4. The van der Waals surface area contributed by atoms with Crippen LogP contribution in [0.2, 0.25) is 0 Å². The number of nitrogens with one attached hydrogen (secondary N) is 1. The summed E-state index contributed by atoms with van der Waals surface area (Å²) in [6.07, 6.45) is 1.94. The lowest BCUT2D eigenvalue weighted by Gasteiger charge is -2.21.